The van der Waals surface area contributed by atoms with Crippen LogP contribution in [0.5, 0.6) is 11.5 Å². The van der Waals surface area contributed by atoms with Crippen LogP contribution in [0.2, 0.25) is 0 Å². The molecule has 31 heavy (non-hydrogen) atoms. The Labute approximate surface area is 182 Å². The minimum absolute atomic E-state index is 0.0279. The molecule has 0 saturated carbocycles. The highest BCUT2D eigenvalue weighted by molar-refractivity contribution is 7.99. The van der Waals surface area contributed by atoms with Gasteiger partial charge in [-0.1, -0.05) is 29.5 Å². The van der Waals surface area contributed by atoms with Crippen molar-refractivity contribution in [3.8, 4) is 17.2 Å². The van der Waals surface area contributed by atoms with E-state index in [2.05, 4.69) is 26.2 Å². The molecule has 2 N–H and O–H groups in total. The average Bonchev–Trinajstić information content (AvgIpc) is 3.20. The monoisotopic (exact) mass is 440 g/mol. The van der Waals surface area contributed by atoms with Crippen LogP contribution in [0.1, 0.15) is 11.1 Å². The molecule has 0 fully saturated rings. The number of urea groups is 1. The number of carbonyl (C=O) groups excluding carboxylic acids is 2. The zero-order valence-corrected chi connectivity index (χ0v) is 17.7. The Bertz CT molecular complexity index is 1130. The predicted octanol–water partition coefficient (Wildman–Crippen LogP) is 2.49. The van der Waals surface area contributed by atoms with Crippen LogP contribution in [0.25, 0.3) is 5.69 Å². The highest BCUT2D eigenvalue weighted by atomic mass is 32.2. The van der Waals surface area contributed by atoms with Crippen LogP contribution in [0.15, 0.2) is 41.6 Å². The number of hydrogen-bond acceptors (Lipinski definition) is 8. The number of tetrazole rings is 1. The van der Waals surface area contributed by atoms with Crippen LogP contribution >= 0.6 is 11.8 Å². The SMILES string of the molecule is Cc1ccc(-n2nnnc2SCC(=O)NC(=O)Nc2ccc3c(c2)OCCO3)c(C)c1. The van der Waals surface area contributed by atoms with Crippen molar-refractivity contribution in [1.82, 2.24) is 25.5 Å². The summed E-state index contributed by atoms with van der Waals surface area (Å²) in [6, 6.07) is 10.3. The van der Waals surface area contributed by atoms with Crippen molar-refractivity contribution in [1.29, 1.82) is 0 Å². The third-order valence-corrected chi connectivity index (χ3v) is 5.33. The van der Waals surface area contributed by atoms with E-state index in [9.17, 15) is 9.59 Å². The van der Waals surface area contributed by atoms with Gasteiger partial charge >= 0.3 is 6.03 Å². The number of thioether (sulfide) groups is 1. The van der Waals surface area contributed by atoms with E-state index in [1.807, 2.05) is 32.0 Å². The summed E-state index contributed by atoms with van der Waals surface area (Å²) < 4.78 is 12.5. The molecule has 0 bridgehead atoms. The van der Waals surface area contributed by atoms with Crippen molar-refractivity contribution in [2.45, 2.75) is 19.0 Å². The summed E-state index contributed by atoms with van der Waals surface area (Å²) in [5.41, 5.74) is 3.46. The van der Waals surface area contributed by atoms with Crippen LogP contribution in [0, 0.1) is 13.8 Å². The first-order valence-corrected chi connectivity index (χ1v) is 10.5. The number of fused-ring (bicyclic) bond motifs is 1. The fraction of sp³-hybridized carbons (Fsp3) is 0.250. The van der Waals surface area contributed by atoms with E-state index in [0.29, 0.717) is 35.6 Å². The van der Waals surface area contributed by atoms with E-state index >= 15 is 0 Å². The number of aryl methyl sites for hydroxylation is 2. The number of aromatic nitrogens is 4. The molecule has 10 nitrogen and oxygen atoms in total. The van der Waals surface area contributed by atoms with Crippen molar-refractivity contribution in [3.05, 3.63) is 47.5 Å². The van der Waals surface area contributed by atoms with Gasteiger partial charge in [-0.15, -0.1) is 5.10 Å². The number of nitrogens with one attached hydrogen (secondary N) is 2. The van der Waals surface area contributed by atoms with Crippen molar-refractivity contribution >= 4 is 29.4 Å². The highest BCUT2D eigenvalue weighted by Crippen LogP contribution is 2.32. The van der Waals surface area contributed by atoms with Gasteiger partial charge in [0.15, 0.2) is 11.5 Å². The molecule has 4 rings (SSSR count). The maximum absolute atomic E-state index is 12.2. The van der Waals surface area contributed by atoms with Gasteiger partial charge in [0.2, 0.25) is 11.1 Å². The number of anilines is 1. The van der Waals surface area contributed by atoms with Gasteiger partial charge in [-0.25, -0.2) is 4.79 Å². The lowest BCUT2D eigenvalue weighted by atomic mass is 10.1. The first-order chi connectivity index (χ1) is 15.0. The van der Waals surface area contributed by atoms with Gasteiger partial charge in [-0.05, 0) is 48.0 Å². The van der Waals surface area contributed by atoms with Gasteiger partial charge in [-0.2, -0.15) is 4.68 Å². The molecular weight excluding hydrogens is 420 g/mol. The first-order valence-electron chi connectivity index (χ1n) is 9.49. The molecule has 0 saturated heterocycles. The minimum Gasteiger partial charge on any atom is -0.486 e. The second-order valence-corrected chi connectivity index (χ2v) is 7.76. The van der Waals surface area contributed by atoms with E-state index in [1.165, 1.54) is 0 Å². The number of amides is 3. The van der Waals surface area contributed by atoms with Crippen molar-refractivity contribution in [3.63, 3.8) is 0 Å². The Hall–Kier alpha value is -3.60. The standard InChI is InChI=1S/C20H20N6O4S/c1-12-3-5-15(13(2)9-12)26-20(23-24-25-26)31-11-18(27)22-19(28)21-14-4-6-16-17(10-14)30-8-7-29-16/h3-6,9-10H,7-8,11H2,1-2H3,(H2,21,22,27,28). The minimum atomic E-state index is -0.642. The Kier molecular flexibility index (Phi) is 6.03. The van der Waals surface area contributed by atoms with Gasteiger partial charge < -0.3 is 14.8 Å². The number of ether oxygens (including phenoxy) is 2. The van der Waals surface area contributed by atoms with Crippen molar-refractivity contribution in [2.24, 2.45) is 0 Å². The highest BCUT2D eigenvalue weighted by Gasteiger charge is 2.16. The Balaban J connectivity index is 1.33. The normalized spacial score (nSPS) is 12.3. The van der Waals surface area contributed by atoms with E-state index in [-0.39, 0.29) is 5.75 Å². The summed E-state index contributed by atoms with van der Waals surface area (Å²) in [7, 11) is 0. The number of nitrogens with zero attached hydrogens (tertiary/aromatic N) is 4. The molecule has 2 heterocycles. The van der Waals surface area contributed by atoms with Gasteiger partial charge in [0.1, 0.15) is 13.2 Å². The van der Waals surface area contributed by atoms with Crippen LogP contribution in [0.3, 0.4) is 0 Å². The smallest absolute Gasteiger partial charge is 0.325 e. The molecule has 3 amide bonds. The topological polar surface area (TPSA) is 120 Å². The quantitative estimate of drug-likeness (QED) is 0.581. The maximum atomic E-state index is 12.2. The van der Waals surface area contributed by atoms with E-state index in [4.69, 9.17) is 9.47 Å². The summed E-state index contributed by atoms with van der Waals surface area (Å²) in [6.45, 7) is 4.90. The number of imide groups is 1. The first kappa shape index (κ1) is 20.7. The molecule has 3 aromatic rings. The van der Waals surface area contributed by atoms with Gasteiger partial charge in [0, 0.05) is 11.8 Å². The van der Waals surface area contributed by atoms with E-state index < -0.39 is 11.9 Å². The van der Waals surface area contributed by atoms with Crippen molar-refractivity contribution < 1.29 is 19.1 Å². The van der Waals surface area contributed by atoms with Gasteiger partial charge in [-0.3, -0.25) is 10.1 Å². The third kappa shape index (κ3) is 4.94. The Morgan fingerprint density at radius 3 is 2.71 bits per heavy atom. The molecule has 0 unspecified atom stereocenters. The summed E-state index contributed by atoms with van der Waals surface area (Å²) >= 11 is 1.13. The fourth-order valence-corrected chi connectivity index (χ4v) is 3.72. The molecule has 1 aliphatic heterocycles. The molecule has 0 radical (unpaired) electrons. The van der Waals surface area contributed by atoms with E-state index in [1.54, 1.807) is 22.9 Å². The zero-order valence-electron chi connectivity index (χ0n) is 16.9. The largest absolute Gasteiger partial charge is 0.486 e. The third-order valence-electron chi connectivity index (χ3n) is 4.41. The van der Waals surface area contributed by atoms with Crippen LogP contribution in [0.4, 0.5) is 10.5 Å². The molecule has 160 valence electrons. The second-order valence-electron chi connectivity index (χ2n) is 6.81. The molecule has 1 aromatic heterocycles. The predicted molar refractivity (Wildman–Crippen MR) is 114 cm³/mol. The maximum Gasteiger partial charge on any atom is 0.325 e. The van der Waals surface area contributed by atoms with Crippen LogP contribution < -0.4 is 20.1 Å². The summed E-state index contributed by atoms with van der Waals surface area (Å²) in [6.07, 6.45) is 0. The Morgan fingerprint density at radius 2 is 1.90 bits per heavy atom. The molecule has 0 spiro atoms. The van der Waals surface area contributed by atoms with Crippen LogP contribution in [-0.4, -0.2) is 51.1 Å². The molecule has 2 aromatic carbocycles. The lowest BCUT2D eigenvalue weighted by Crippen LogP contribution is -2.35. The zero-order chi connectivity index (χ0) is 21.8. The lowest BCUT2D eigenvalue weighted by molar-refractivity contribution is -0.117. The number of rotatable bonds is 5. The molecule has 11 heteroatoms. The molecule has 0 aliphatic carbocycles. The summed E-state index contributed by atoms with van der Waals surface area (Å²) in [5, 5.41) is 17.0. The number of benzene rings is 2. The number of carbonyl (C=O) groups is 2. The fourth-order valence-electron chi connectivity index (χ4n) is 3.04. The molecule has 1 aliphatic rings. The molecule has 0 atom stereocenters. The second kappa shape index (κ2) is 9.04. The lowest BCUT2D eigenvalue weighted by Gasteiger charge is -2.19. The Morgan fingerprint density at radius 1 is 1.10 bits per heavy atom. The van der Waals surface area contributed by atoms with Gasteiger partial charge in [0.25, 0.3) is 0 Å². The van der Waals surface area contributed by atoms with Crippen molar-refractivity contribution in [2.75, 3.05) is 24.3 Å². The van der Waals surface area contributed by atoms with Gasteiger partial charge in [0.05, 0.1) is 11.4 Å². The van der Waals surface area contributed by atoms with E-state index in [0.717, 1.165) is 28.6 Å². The number of hydrogen-bond donors (Lipinski definition) is 2. The average molecular weight is 440 g/mol. The summed E-state index contributed by atoms with van der Waals surface area (Å²) in [5.74, 6) is 0.658. The molecular formula is C20H20N6O4S. The van der Waals surface area contributed by atoms with Crippen LogP contribution in [-0.2, 0) is 4.79 Å². The summed E-state index contributed by atoms with van der Waals surface area (Å²) in [4.78, 5) is 24.4.